The van der Waals surface area contributed by atoms with Gasteiger partial charge in [-0.05, 0) is 34.1 Å². The molecule has 0 spiro atoms. The zero-order chi connectivity index (χ0) is 33.2. The molecular weight excluding hydrogens is 635 g/mol. The van der Waals surface area contributed by atoms with E-state index >= 15 is 0 Å². The van der Waals surface area contributed by atoms with E-state index in [1.54, 1.807) is 18.2 Å². The summed E-state index contributed by atoms with van der Waals surface area (Å²) in [6, 6.07) is 24.6. The van der Waals surface area contributed by atoms with Crippen LogP contribution in [0.15, 0.2) is 89.9 Å². The van der Waals surface area contributed by atoms with Crippen LogP contribution in [0.4, 0.5) is 18.9 Å². The van der Waals surface area contributed by atoms with Gasteiger partial charge in [-0.2, -0.15) is 21.6 Å². The number of hydrogen-bond donors (Lipinski definition) is 0. The Morgan fingerprint density at radius 2 is 1.33 bits per heavy atom. The Hall–Kier alpha value is -3.58. The van der Waals surface area contributed by atoms with Crippen LogP contribution in [0.25, 0.3) is 10.8 Å². The van der Waals surface area contributed by atoms with Crippen LogP contribution in [0.3, 0.4) is 0 Å². The summed E-state index contributed by atoms with van der Waals surface area (Å²) in [4.78, 5) is 4.81. The molecule has 0 aliphatic heterocycles. The lowest BCUT2D eigenvalue weighted by atomic mass is 10.0. The summed E-state index contributed by atoms with van der Waals surface area (Å²) in [5, 5.41) is 0.625. The fraction of sp³-hybridized carbons (Fsp3) is 0.286. The van der Waals surface area contributed by atoms with Gasteiger partial charge in [-0.1, -0.05) is 126 Å². The van der Waals surface area contributed by atoms with Crippen molar-refractivity contribution in [3.8, 4) is 17.2 Å². The number of rotatable bonds is 8. The fourth-order valence-corrected chi connectivity index (χ4v) is 11.9. The first kappa shape index (κ1) is 34.3. The molecule has 0 saturated heterocycles. The maximum Gasteiger partial charge on any atom is 0.534 e. The smallest absolute Gasteiger partial charge is 0.375 e. The lowest BCUT2D eigenvalue weighted by Gasteiger charge is -2.38. The first-order chi connectivity index (χ1) is 21.1. The van der Waals surface area contributed by atoms with Gasteiger partial charge in [0.1, 0.15) is 8.07 Å². The molecule has 0 N–H and O–H groups in total. The Kier molecular flexibility index (Phi) is 10.2. The number of hydrogen-bond acceptors (Lipinski definition) is 4. The molecule has 0 bridgehead atoms. The van der Waals surface area contributed by atoms with Crippen molar-refractivity contribution < 1.29 is 25.8 Å². The van der Waals surface area contributed by atoms with E-state index in [4.69, 9.17) is 20.8 Å². The molecule has 0 atom stereocenters. The van der Waals surface area contributed by atoms with Crippen molar-refractivity contribution in [1.82, 2.24) is 0 Å². The third-order valence-electron chi connectivity index (χ3n) is 8.10. The fourth-order valence-electron chi connectivity index (χ4n) is 6.03. The predicted molar refractivity (Wildman–Crippen MR) is 181 cm³/mol. The van der Waals surface area contributed by atoms with E-state index in [-0.39, 0.29) is 38.3 Å². The second kappa shape index (κ2) is 13.4. The highest BCUT2D eigenvalue weighted by atomic mass is 35.5. The molecule has 0 saturated carbocycles. The molecule has 0 aliphatic carbocycles. The van der Waals surface area contributed by atoms with E-state index in [1.807, 2.05) is 60.7 Å². The molecule has 4 nitrogen and oxygen atoms in total. The maximum atomic E-state index is 13.6. The van der Waals surface area contributed by atoms with Crippen LogP contribution in [0.5, 0.6) is 5.75 Å². The van der Waals surface area contributed by atoms with Crippen LogP contribution in [-0.4, -0.2) is 27.7 Å². The molecule has 0 aromatic heterocycles. The second-order valence-corrected chi connectivity index (χ2v) is 19.3. The van der Waals surface area contributed by atoms with Crippen LogP contribution in [0.2, 0.25) is 21.6 Å². The third kappa shape index (κ3) is 7.14. The molecule has 45 heavy (non-hydrogen) atoms. The highest BCUT2D eigenvalue weighted by molar-refractivity contribution is 7.88. The zero-order valence-corrected chi connectivity index (χ0v) is 28.5. The average Bonchev–Trinajstić information content (AvgIpc) is 2.97. The number of alkyl halides is 3. The van der Waals surface area contributed by atoms with Crippen molar-refractivity contribution in [1.29, 1.82) is 0 Å². The summed E-state index contributed by atoms with van der Waals surface area (Å²) < 4.78 is 70.5. The topological polar surface area (TPSA) is 55.7 Å². The minimum Gasteiger partial charge on any atom is -0.375 e. The van der Waals surface area contributed by atoms with Gasteiger partial charge in [-0.15, -0.1) is 5.54 Å². The third-order valence-corrected chi connectivity index (χ3v) is 15.7. The minimum absolute atomic E-state index is 0.0712. The van der Waals surface area contributed by atoms with Gasteiger partial charge >= 0.3 is 15.6 Å². The van der Waals surface area contributed by atoms with Gasteiger partial charge in [0.15, 0.2) is 5.75 Å². The Labute approximate surface area is 269 Å². The lowest BCUT2D eigenvalue weighted by Crippen LogP contribution is -2.43. The normalized spacial score (nSPS) is 12.4. The van der Waals surface area contributed by atoms with Gasteiger partial charge in [-0.3, -0.25) is 0 Å². The predicted octanol–water partition coefficient (Wildman–Crippen LogP) is 10.5. The largest absolute Gasteiger partial charge is 0.534 e. The highest BCUT2D eigenvalue weighted by Gasteiger charge is 2.49. The molecule has 0 amide bonds. The number of halogens is 4. The van der Waals surface area contributed by atoms with Crippen molar-refractivity contribution >= 4 is 52.0 Å². The van der Waals surface area contributed by atoms with Gasteiger partial charge < -0.3 is 4.18 Å². The summed E-state index contributed by atoms with van der Waals surface area (Å²) in [5.74, 6) is 2.65. The molecule has 0 radical (unpaired) electrons. The molecule has 0 aliphatic rings. The molecular formula is C35H35ClF3NO3SSi. The highest BCUT2D eigenvalue weighted by Crippen LogP contribution is 2.43. The SMILES string of the molecule is CC(C)[Si](C#Cc1c(Cl)ccc2cc(N=C(c3ccccc3)c3ccccc3)cc(OS(=O)(=O)C(F)(F)F)c12)(C(C)C)C(C)C. The Bertz CT molecular complexity index is 1820. The van der Waals surface area contributed by atoms with E-state index in [9.17, 15) is 21.6 Å². The molecule has 4 aromatic carbocycles. The molecule has 236 valence electrons. The molecule has 0 heterocycles. The molecule has 4 rings (SSSR count). The van der Waals surface area contributed by atoms with E-state index in [1.165, 1.54) is 6.07 Å². The Morgan fingerprint density at radius 3 is 1.80 bits per heavy atom. The van der Waals surface area contributed by atoms with Crippen molar-refractivity contribution in [3.05, 3.63) is 107 Å². The summed E-state index contributed by atoms with van der Waals surface area (Å²) in [7, 11) is -8.34. The summed E-state index contributed by atoms with van der Waals surface area (Å²) >= 11 is 6.65. The van der Waals surface area contributed by atoms with Crippen LogP contribution in [-0.2, 0) is 10.1 Å². The van der Waals surface area contributed by atoms with Crippen molar-refractivity contribution in [2.24, 2.45) is 4.99 Å². The molecule has 0 unspecified atom stereocenters. The quantitative estimate of drug-likeness (QED) is 0.0617. The van der Waals surface area contributed by atoms with Crippen molar-refractivity contribution in [2.45, 2.75) is 63.7 Å². The van der Waals surface area contributed by atoms with Gasteiger partial charge in [0.25, 0.3) is 0 Å². The maximum absolute atomic E-state index is 13.6. The van der Waals surface area contributed by atoms with Crippen molar-refractivity contribution in [3.63, 3.8) is 0 Å². The van der Waals surface area contributed by atoms with Gasteiger partial charge in [0.05, 0.1) is 22.0 Å². The van der Waals surface area contributed by atoms with E-state index in [0.29, 0.717) is 11.1 Å². The van der Waals surface area contributed by atoms with Gasteiger partial charge in [-0.25, -0.2) is 4.99 Å². The molecule has 10 heteroatoms. The standard InChI is InChI=1S/C35H35ClF3NO3SSi/c1-23(2)45(24(3)4,25(5)6)20-19-30-31(36)18-17-28-21-29(22-32(33(28)30)43-44(41,42)35(37,38)39)40-34(26-13-9-7-10-14-26)27-15-11-8-12-16-27/h7-18,21-25H,1-6H3. The number of benzene rings is 4. The molecule has 0 fully saturated rings. The summed E-state index contributed by atoms with van der Waals surface area (Å²) in [5.41, 5.74) is 1.16. The number of fused-ring (bicyclic) bond motifs is 1. The van der Waals surface area contributed by atoms with E-state index in [0.717, 1.165) is 11.1 Å². The molecule has 4 aromatic rings. The van der Waals surface area contributed by atoms with Crippen LogP contribution < -0.4 is 4.18 Å². The first-order valence-electron chi connectivity index (χ1n) is 14.6. The monoisotopic (exact) mass is 669 g/mol. The minimum atomic E-state index is -6.04. The van der Waals surface area contributed by atoms with Crippen LogP contribution >= 0.6 is 11.6 Å². The second-order valence-electron chi connectivity index (χ2n) is 11.8. The van der Waals surface area contributed by atoms with Crippen molar-refractivity contribution in [2.75, 3.05) is 0 Å². The Morgan fingerprint density at radius 1 is 0.822 bits per heavy atom. The number of aliphatic imine (C=N–C) groups is 1. The first-order valence-corrected chi connectivity index (χ1v) is 18.6. The van der Waals surface area contributed by atoms with Gasteiger partial charge in [0, 0.05) is 22.6 Å². The summed E-state index contributed by atoms with van der Waals surface area (Å²) in [6.45, 7) is 12.8. The zero-order valence-electron chi connectivity index (χ0n) is 25.9. The average molecular weight is 670 g/mol. The number of nitrogens with zero attached hydrogens (tertiary/aromatic N) is 1. The van der Waals surface area contributed by atoms with E-state index < -0.39 is 29.4 Å². The lowest BCUT2D eigenvalue weighted by molar-refractivity contribution is -0.0499. The van der Waals surface area contributed by atoms with Crippen LogP contribution in [0.1, 0.15) is 58.2 Å². The summed E-state index contributed by atoms with van der Waals surface area (Å²) in [6.07, 6.45) is 0. The van der Waals surface area contributed by atoms with E-state index in [2.05, 4.69) is 53.0 Å². The van der Waals surface area contributed by atoms with Crippen LogP contribution in [0, 0.1) is 11.5 Å². The van der Waals surface area contributed by atoms with Gasteiger partial charge in [0.2, 0.25) is 0 Å². The Balaban J connectivity index is 2.07.